The predicted octanol–water partition coefficient (Wildman–Crippen LogP) is -16.9. The molecule has 34 radical (unpaired) electrons. The highest BCUT2D eigenvalue weighted by atomic mass is 13.4. The van der Waals surface area contributed by atoms with Gasteiger partial charge in [-0.2, -0.15) is 0 Å². The standard InChI is InChI=1S/B38H9/c1-21(2)31(22(3)4)36(32(23(5)6)24(7)8)38(35(29(17)18)30(19)20)37(33(25(9)10)26(11)12)34(27(13)14)28(15)16/h1-3H3/q-3. The first-order valence-electron chi connectivity index (χ1n) is 11.3. The van der Waals surface area contributed by atoms with E-state index in [-0.39, 0.29) is 36.0 Å². The fourth-order valence-corrected chi connectivity index (χ4v) is 5.52. The Morgan fingerprint density at radius 1 is 0.237 bits per heavy atom. The van der Waals surface area contributed by atoms with Crippen molar-refractivity contribution in [2.24, 2.45) is 0 Å². The Labute approximate surface area is 268 Å². The maximum Gasteiger partial charge on any atom is -0.000000000000246 e. The van der Waals surface area contributed by atoms with Crippen LogP contribution in [0, 0.1) is 0 Å². The van der Waals surface area contributed by atoms with Crippen LogP contribution in [0.25, 0.3) is 0 Å². The van der Waals surface area contributed by atoms with Crippen LogP contribution in [0.3, 0.4) is 0 Å². The molecule has 0 bridgehead atoms. The van der Waals surface area contributed by atoms with Crippen molar-refractivity contribution in [2.75, 3.05) is 0 Å². The zero-order valence-electron chi connectivity index (χ0n) is 20.2. The molecule has 0 saturated heterocycles. The zero-order valence-corrected chi connectivity index (χ0v) is 20.2. The van der Waals surface area contributed by atoms with Crippen LogP contribution in [0.2, 0.25) is 0 Å². The summed E-state index contributed by atoms with van der Waals surface area (Å²) in [6.45, 7) is 0. The highest BCUT2D eigenvalue weighted by Gasteiger charge is 2.55. The normalized spacial score (nSPS) is 9.66. The molecule has 38 heteroatoms. The van der Waals surface area contributed by atoms with Crippen LogP contribution in [0.4, 0.5) is 0 Å². The third kappa shape index (κ3) is 10.9. The average Bonchev–Trinajstić information content (AvgIpc) is 2.67. The van der Waals surface area contributed by atoms with Gasteiger partial charge in [-0.05, 0) is 227 Å². The molecule has 0 spiro atoms. The van der Waals surface area contributed by atoms with Crippen molar-refractivity contribution in [3.05, 3.63) is 0 Å². The van der Waals surface area contributed by atoms with Gasteiger partial charge in [-0.3, -0.25) is 6.39 Å². The molecule has 0 unspecified atom stereocenters. The monoisotopic (exact) mass is 427 g/mol. The van der Waals surface area contributed by atoms with Gasteiger partial charge in [0.05, 0.1) is 0 Å². The number of hydrogen-bond donors (Lipinski definition) is 0. The topological polar surface area (TPSA) is 0 Å². The first kappa shape index (κ1) is 40.5. The van der Waals surface area contributed by atoms with E-state index in [2.05, 4.69) is 0 Å². The lowest BCUT2D eigenvalue weighted by molar-refractivity contribution is 3.22. The van der Waals surface area contributed by atoms with Crippen LogP contribution in [0.5, 0.6) is 0 Å². The van der Waals surface area contributed by atoms with Crippen molar-refractivity contribution in [1.29, 1.82) is 0 Å². The van der Waals surface area contributed by atoms with Crippen LogP contribution in [0.1, 0.15) is 0 Å². The molecule has 126 valence electrons. The third-order valence-corrected chi connectivity index (χ3v) is 6.89. The van der Waals surface area contributed by atoms with E-state index in [1.54, 1.807) is 0 Å². The lowest BCUT2D eigenvalue weighted by Crippen LogP contribution is -2.92. The smallest absolute Gasteiger partial charge is 0.000000000000246 e. The lowest BCUT2D eigenvalue weighted by Gasteiger charge is -2.56. The predicted molar refractivity (Wildman–Crippen MR) is 231 cm³/mol. The molecule has 0 aromatic heterocycles. The molecule has 0 aromatic rings. The van der Waals surface area contributed by atoms with Crippen LogP contribution >= 0.6 is 0 Å². The summed E-state index contributed by atoms with van der Waals surface area (Å²) in [5.41, 5.74) is 0. The minimum Gasteiger partial charge on any atom is -0.264 e. The molecule has 0 heterocycles. The maximum atomic E-state index is 6.76. The van der Waals surface area contributed by atoms with Gasteiger partial charge in [-0.1, -0.05) is 14.1 Å². The average molecular weight is 420 g/mol. The van der Waals surface area contributed by atoms with Gasteiger partial charge in [-0.15, -0.1) is 21.9 Å². The minimum absolute atomic E-state index is 0.0102. The van der Waals surface area contributed by atoms with Gasteiger partial charge in [0.25, 0.3) is 0 Å². The van der Waals surface area contributed by atoms with Crippen LogP contribution in [-0.4, -0.2) is 270 Å². The first-order chi connectivity index (χ1) is 17.2. The van der Waals surface area contributed by atoms with Gasteiger partial charge in [0, 0.05) is 0 Å². The SMILES string of the molecule is [B]B([B])B(B([B])[B])B(B(B([B])[B])B([B])[B])B(B(B([B])[B])B([B])[B])B(B(B([B])[B])B([B])[B])B(B([B])[BH3-])B([BH3-])[BH3-]. The highest BCUT2D eigenvalue weighted by Crippen LogP contribution is 2.18. The number of hydrogen-bond acceptors (Lipinski definition) is 0. The van der Waals surface area contributed by atoms with Crippen molar-refractivity contribution >= 4 is 270 Å². The highest BCUT2D eigenvalue weighted by molar-refractivity contribution is 8.31. The zero-order chi connectivity index (χ0) is 30.4. The molecular weight excluding hydrogens is 411 g/mol. The van der Waals surface area contributed by atoms with E-state index < -0.39 is 95.8 Å². The molecule has 0 nitrogen and oxygen atoms in total. The lowest BCUT2D eigenvalue weighted by atomic mass is 8.28. The van der Waals surface area contributed by atoms with Crippen molar-refractivity contribution < 1.29 is 0 Å². The maximum absolute atomic E-state index is 6.76. The van der Waals surface area contributed by atoms with E-state index in [4.69, 9.17) is 132 Å². The van der Waals surface area contributed by atoms with Gasteiger partial charge in [0.1, 0.15) is 0 Å². The minimum atomic E-state index is -1.04. The Morgan fingerprint density at radius 2 is 0.395 bits per heavy atom. The molecule has 0 N–H and O–H groups in total. The van der Waals surface area contributed by atoms with E-state index in [1.807, 2.05) is 0 Å². The summed E-state index contributed by atoms with van der Waals surface area (Å²) in [6, 6.07) is 0. The van der Waals surface area contributed by atoms with Gasteiger partial charge < -0.3 is 0 Å². The molecule has 0 fully saturated rings. The molecule has 38 heavy (non-hydrogen) atoms. The number of rotatable bonds is 17. The van der Waals surface area contributed by atoms with Crippen LogP contribution in [-0.2, 0) is 0 Å². The second kappa shape index (κ2) is 18.3. The second-order valence-corrected chi connectivity index (χ2v) is 9.43. The Morgan fingerprint density at radius 3 is 0.526 bits per heavy atom. The van der Waals surface area contributed by atoms with E-state index in [9.17, 15) is 0 Å². The summed E-state index contributed by atoms with van der Waals surface area (Å²) in [6.07, 6.45) is -12.6. The second-order valence-electron chi connectivity index (χ2n) is 9.43. The van der Waals surface area contributed by atoms with Crippen LogP contribution in [0.15, 0.2) is 0 Å². The molecule has 0 aromatic carbocycles. The van der Waals surface area contributed by atoms with Crippen molar-refractivity contribution in [3.8, 4) is 0 Å². The fourth-order valence-electron chi connectivity index (χ4n) is 5.52. The third-order valence-electron chi connectivity index (χ3n) is 6.89. The Bertz CT molecular complexity index is 478. The molecular formula is H9B38-3. The molecule has 0 atom stereocenters. The summed E-state index contributed by atoms with van der Waals surface area (Å²) < 4.78 is 0. The summed E-state index contributed by atoms with van der Waals surface area (Å²) in [5.74, 6) is 0. The quantitative estimate of drug-likeness (QED) is 0.205. The Balaban J connectivity index is 8.12. The Kier molecular flexibility index (Phi) is 19.5. The van der Waals surface area contributed by atoms with Gasteiger partial charge in [0.15, 0.2) is 0 Å². The first-order valence-corrected chi connectivity index (χ1v) is 11.3. The van der Waals surface area contributed by atoms with Gasteiger partial charge in [0.2, 0.25) is 0 Å². The molecule has 0 amide bonds. The fraction of sp³-hybridized carbons (Fsp3) is 0. The molecule has 0 saturated carbocycles. The van der Waals surface area contributed by atoms with Crippen molar-refractivity contribution in [2.45, 2.75) is 0 Å². The van der Waals surface area contributed by atoms with E-state index >= 15 is 0 Å². The van der Waals surface area contributed by atoms with E-state index in [1.165, 1.54) is 0 Å². The molecule has 0 aliphatic heterocycles. The summed E-state index contributed by atoms with van der Waals surface area (Å²) >= 11 is 0. The Hall–Kier alpha value is 2.47. The summed E-state index contributed by atoms with van der Waals surface area (Å²) in [4.78, 5) is 0. The molecule has 0 rings (SSSR count). The molecule has 0 aliphatic carbocycles. The molecule has 0 aliphatic rings. The van der Waals surface area contributed by atoms with Crippen LogP contribution < -0.4 is 0 Å². The van der Waals surface area contributed by atoms with Gasteiger partial charge in [-0.25, -0.2) is 0 Å². The summed E-state index contributed by atoms with van der Waals surface area (Å²) in [5, 5.41) is 0. The van der Waals surface area contributed by atoms with E-state index in [0.717, 1.165) is 0 Å². The van der Waals surface area contributed by atoms with Crippen molar-refractivity contribution in [1.82, 2.24) is 0 Å². The van der Waals surface area contributed by atoms with E-state index in [0.29, 0.717) is 6.39 Å². The van der Waals surface area contributed by atoms with Crippen molar-refractivity contribution in [3.63, 3.8) is 0 Å². The largest absolute Gasteiger partial charge is 0.264 e. The van der Waals surface area contributed by atoms with Gasteiger partial charge >= 0.3 is 0 Å². The summed E-state index contributed by atoms with van der Waals surface area (Å²) in [7, 11) is 108.